The maximum absolute atomic E-state index is 13.9. The van der Waals surface area contributed by atoms with Gasteiger partial charge in [0.1, 0.15) is 6.04 Å². The Hall–Kier alpha value is -3.32. The molecule has 1 unspecified atom stereocenters. The molecule has 0 bridgehead atoms. The molecule has 0 fully saturated rings. The average Bonchev–Trinajstić information content (AvgIpc) is 2.91. The minimum absolute atomic E-state index is 0.0422. The topological polar surface area (TPSA) is 67.9 Å². The molecule has 1 N–H and O–H groups in total. The lowest BCUT2D eigenvalue weighted by Crippen LogP contribution is -2.51. The molecule has 6 nitrogen and oxygen atoms in total. The van der Waals surface area contributed by atoms with Crippen LogP contribution in [0, 0.1) is 0 Å². The maximum atomic E-state index is 13.9. The van der Waals surface area contributed by atoms with Crippen molar-refractivity contribution in [1.82, 2.24) is 10.2 Å². The lowest BCUT2D eigenvalue weighted by Gasteiger charge is -2.32. The highest BCUT2D eigenvalue weighted by molar-refractivity contribution is 9.10. The van der Waals surface area contributed by atoms with Crippen LogP contribution in [0.5, 0.6) is 11.5 Å². The van der Waals surface area contributed by atoms with Crippen LogP contribution in [0.2, 0.25) is 0 Å². The Bertz CT molecular complexity index is 1220. The van der Waals surface area contributed by atoms with Crippen molar-refractivity contribution < 1.29 is 19.1 Å². The minimum Gasteiger partial charge on any atom is -0.490 e. The van der Waals surface area contributed by atoms with Gasteiger partial charge in [-0.05, 0) is 75.1 Å². The highest BCUT2D eigenvalue weighted by Gasteiger charge is 2.30. The number of nitrogens with one attached hydrogen (secondary N) is 1. The Kier molecular flexibility index (Phi) is 11.9. The second-order valence-electron chi connectivity index (χ2n) is 9.67. The van der Waals surface area contributed by atoms with Gasteiger partial charge in [0.2, 0.25) is 11.8 Å². The second kappa shape index (κ2) is 15.3. The number of carbonyl (C=O) groups is 2. The van der Waals surface area contributed by atoms with Crippen LogP contribution in [0.1, 0.15) is 50.8 Å². The summed E-state index contributed by atoms with van der Waals surface area (Å²) in [6.45, 7) is 9.12. The summed E-state index contributed by atoms with van der Waals surface area (Å²) in [7, 11) is 0. The third-order valence-electron chi connectivity index (χ3n) is 6.18. The van der Waals surface area contributed by atoms with Crippen molar-refractivity contribution in [2.75, 3.05) is 13.2 Å². The first-order valence-electron chi connectivity index (χ1n) is 13.6. The summed E-state index contributed by atoms with van der Waals surface area (Å²) in [4.78, 5) is 29.1. The Morgan fingerprint density at radius 3 is 2.21 bits per heavy atom. The summed E-state index contributed by atoms with van der Waals surface area (Å²) in [5.74, 6) is 1.13. The molecular weight excluding hydrogens is 556 g/mol. The van der Waals surface area contributed by atoms with E-state index >= 15 is 0 Å². The number of benzene rings is 3. The summed E-state index contributed by atoms with van der Waals surface area (Å²) >= 11 is 3.53. The lowest BCUT2D eigenvalue weighted by atomic mass is 10.0. The molecule has 3 aromatic carbocycles. The molecule has 1 atom stereocenters. The van der Waals surface area contributed by atoms with Gasteiger partial charge in [0.05, 0.1) is 13.2 Å². The molecule has 208 valence electrons. The SMILES string of the molecule is CCOc1ccc(CCC(=O)N(Cc2cccc(Br)c2)C(Cc2ccccc2)C(=O)NC(C)C)cc1OCC. The number of halogens is 1. The Morgan fingerprint density at radius 2 is 1.54 bits per heavy atom. The smallest absolute Gasteiger partial charge is 0.243 e. The van der Waals surface area contributed by atoms with Crippen LogP contribution in [0.25, 0.3) is 0 Å². The fourth-order valence-corrected chi connectivity index (χ4v) is 4.86. The van der Waals surface area contributed by atoms with E-state index in [1.807, 2.05) is 100 Å². The third kappa shape index (κ3) is 9.43. The molecular formula is C32H39BrN2O4. The summed E-state index contributed by atoms with van der Waals surface area (Å²) in [6, 6.07) is 22.8. The van der Waals surface area contributed by atoms with Gasteiger partial charge in [-0.2, -0.15) is 0 Å². The number of rotatable bonds is 14. The predicted molar refractivity (Wildman–Crippen MR) is 159 cm³/mol. The van der Waals surface area contributed by atoms with Gasteiger partial charge in [0.15, 0.2) is 11.5 Å². The van der Waals surface area contributed by atoms with Crippen molar-refractivity contribution in [3.05, 3.63) is 94.0 Å². The van der Waals surface area contributed by atoms with Crippen molar-refractivity contribution in [1.29, 1.82) is 0 Å². The van der Waals surface area contributed by atoms with Crippen molar-refractivity contribution in [3.63, 3.8) is 0 Å². The van der Waals surface area contributed by atoms with Gasteiger partial charge in [-0.15, -0.1) is 0 Å². The van der Waals surface area contributed by atoms with Gasteiger partial charge >= 0.3 is 0 Å². The Labute approximate surface area is 240 Å². The zero-order valence-corrected chi connectivity index (χ0v) is 24.9. The Morgan fingerprint density at radius 1 is 0.846 bits per heavy atom. The molecule has 0 spiro atoms. The van der Waals surface area contributed by atoms with E-state index in [2.05, 4.69) is 21.2 Å². The molecule has 0 aromatic heterocycles. The van der Waals surface area contributed by atoms with Crippen LogP contribution in [0.4, 0.5) is 0 Å². The molecule has 3 rings (SSSR count). The molecule has 7 heteroatoms. The molecule has 0 saturated heterocycles. The first-order chi connectivity index (χ1) is 18.8. The molecule has 0 saturated carbocycles. The monoisotopic (exact) mass is 594 g/mol. The Balaban J connectivity index is 1.90. The summed E-state index contributed by atoms with van der Waals surface area (Å²) in [6.07, 6.45) is 1.20. The average molecular weight is 596 g/mol. The van der Waals surface area contributed by atoms with Crippen molar-refractivity contribution in [2.24, 2.45) is 0 Å². The van der Waals surface area contributed by atoms with Crippen LogP contribution in [0.3, 0.4) is 0 Å². The van der Waals surface area contributed by atoms with E-state index in [1.165, 1.54) is 0 Å². The van der Waals surface area contributed by atoms with E-state index in [1.54, 1.807) is 4.90 Å². The van der Waals surface area contributed by atoms with Gasteiger partial charge in [0, 0.05) is 29.9 Å². The number of hydrogen-bond acceptors (Lipinski definition) is 4. The summed E-state index contributed by atoms with van der Waals surface area (Å²) in [5.41, 5.74) is 2.93. The number of hydrogen-bond donors (Lipinski definition) is 1. The number of amides is 2. The van der Waals surface area contributed by atoms with Crippen LogP contribution in [-0.4, -0.2) is 42.0 Å². The summed E-state index contributed by atoms with van der Waals surface area (Å²) < 4.78 is 12.4. The van der Waals surface area contributed by atoms with E-state index in [0.29, 0.717) is 44.1 Å². The van der Waals surface area contributed by atoms with Crippen molar-refractivity contribution >= 4 is 27.7 Å². The van der Waals surface area contributed by atoms with E-state index < -0.39 is 6.04 Å². The van der Waals surface area contributed by atoms with Crippen LogP contribution >= 0.6 is 15.9 Å². The van der Waals surface area contributed by atoms with Crippen LogP contribution < -0.4 is 14.8 Å². The lowest BCUT2D eigenvalue weighted by molar-refractivity contribution is -0.141. The minimum atomic E-state index is -0.652. The van der Waals surface area contributed by atoms with E-state index in [0.717, 1.165) is 21.2 Å². The van der Waals surface area contributed by atoms with Gasteiger partial charge in [-0.1, -0.05) is 64.5 Å². The second-order valence-corrected chi connectivity index (χ2v) is 10.6. The molecule has 0 heterocycles. The normalized spacial score (nSPS) is 11.6. The summed E-state index contributed by atoms with van der Waals surface area (Å²) in [5, 5.41) is 3.04. The predicted octanol–water partition coefficient (Wildman–Crippen LogP) is 6.34. The third-order valence-corrected chi connectivity index (χ3v) is 6.67. The van der Waals surface area contributed by atoms with Gasteiger partial charge in [-0.3, -0.25) is 9.59 Å². The molecule has 0 aliphatic heterocycles. The van der Waals surface area contributed by atoms with E-state index in [9.17, 15) is 9.59 Å². The number of carbonyl (C=O) groups excluding carboxylic acids is 2. The zero-order chi connectivity index (χ0) is 28.2. The van der Waals surface area contributed by atoms with Crippen LogP contribution in [-0.2, 0) is 29.0 Å². The highest BCUT2D eigenvalue weighted by Crippen LogP contribution is 2.29. The molecule has 3 aromatic rings. The molecule has 0 radical (unpaired) electrons. The van der Waals surface area contributed by atoms with Crippen molar-refractivity contribution in [3.8, 4) is 11.5 Å². The number of ether oxygens (including phenoxy) is 2. The fourth-order valence-electron chi connectivity index (χ4n) is 4.41. The number of nitrogens with zero attached hydrogens (tertiary/aromatic N) is 1. The standard InChI is InChI=1S/C32H39BrN2O4/c1-5-38-29-17-15-25(21-30(29)39-6-2)16-18-31(36)35(22-26-13-10-14-27(33)19-26)28(32(37)34-23(3)4)20-24-11-8-7-9-12-24/h7-15,17,19,21,23,28H,5-6,16,18,20,22H2,1-4H3,(H,34,37). The van der Waals surface area contributed by atoms with Gasteiger partial charge < -0.3 is 19.7 Å². The fraction of sp³-hybridized carbons (Fsp3) is 0.375. The van der Waals surface area contributed by atoms with Gasteiger partial charge in [0.25, 0.3) is 0 Å². The molecule has 0 aliphatic carbocycles. The van der Waals surface area contributed by atoms with Crippen LogP contribution in [0.15, 0.2) is 77.3 Å². The largest absolute Gasteiger partial charge is 0.490 e. The first kappa shape index (κ1) is 30.2. The quantitative estimate of drug-likeness (QED) is 0.236. The van der Waals surface area contributed by atoms with Crippen molar-refractivity contribution in [2.45, 2.75) is 65.6 Å². The molecule has 0 aliphatic rings. The molecule has 2 amide bonds. The zero-order valence-electron chi connectivity index (χ0n) is 23.3. The maximum Gasteiger partial charge on any atom is 0.243 e. The first-order valence-corrected chi connectivity index (χ1v) is 14.4. The number of aryl methyl sites for hydroxylation is 1. The molecule has 39 heavy (non-hydrogen) atoms. The van der Waals surface area contributed by atoms with E-state index in [4.69, 9.17) is 9.47 Å². The van der Waals surface area contributed by atoms with Gasteiger partial charge in [-0.25, -0.2) is 0 Å². The van der Waals surface area contributed by atoms with E-state index in [-0.39, 0.29) is 24.3 Å². The highest BCUT2D eigenvalue weighted by atomic mass is 79.9.